The van der Waals surface area contributed by atoms with Crippen LogP contribution >= 0.6 is 0 Å². The number of rotatable bonds is 0. The minimum Gasteiger partial charge on any atom is -0.305 e. The molecule has 1 rings (SSSR count). The highest BCUT2D eigenvalue weighted by Gasteiger charge is 2.19. The molecule has 0 atom stereocenters. The van der Waals surface area contributed by atoms with Crippen molar-refractivity contribution in [1.82, 2.24) is 4.90 Å². The number of carbonyl (C=O) groups is 2. The van der Waals surface area contributed by atoms with Crippen LogP contribution in [0.1, 0.15) is 26.2 Å². The van der Waals surface area contributed by atoms with E-state index in [1.807, 2.05) is 0 Å². The summed E-state index contributed by atoms with van der Waals surface area (Å²) in [4.78, 5) is 31.4. The van der Waals surface area contributed by atoms with Gasteiger partial charge in [-0.15, -0.1) is 0 Å². The highest BCUT2D eigenvalue weighted by molar-refractivity contribution is 5.70. The first-order valence-electron chi connectivity index (χ1n) is 4.34. The third-order valence-electron chi connectivity index (χ3n) is 1.84. The fourth-order valence-corrected chi connectivity index (χ4v) is 1.22. The number of likely N-dealkylation sites (tertiary alicyclic amines) is 1. The number of piperidine rings is 1. The molecular weight excluding hydrogens is 174 g/mol. The van der Waals surface area contributed by atoms with E-state index in [9.17, 15) is 9.59 Å². The van der Waals surface area contributed by atoms with E-state index in [-0.39, 0.29) is 0 Å². The Morgan fingerprint density at radius 1 is 1.08 bits per heavy atom. The molecule has 5 heteroatoms. The Morgan fingerprint density at radius 3 is 2.23 bits per heavy atom. The molecule has 0 aromatic heterocycles. The number of carbonyl (C=O) groups excluding carboxylic acids is 2. The van der Waals surface area contributed by atoms with Crippen LogP contribution in [-0.2, 0) is 14.6 Å². The van der Waals surface area contributed by atoms with Gasteiger partial charge in [-0.2, -0.15) is 0 Å². The molecule has 0 radical (unpaired) electrons. The molecule has 0 aromatic rings. The van der Waals surface area contributed by atoms with Crippen LogP contribution in [-0.4, -0.2) is 30.1 Å². The Balaban J connectivity index is 2.25. The Kier molecular flexibility index (Phi) is 3.54. The van der Waals surface area contributed by atoms with Crippen molar-refractivity contribution in [3.8, 4) is 0 Å². The minimum absolute atomic E-state index is 0.574. The van der Waals surface area contributed by atoms with Crippen molar-refractivity contribution in [1.29, 1.82) is 0 Å². The molecule has 0 bridgehead atoms. The van der Waals surface area contributed by atoms with E-state index in [1.54, 1.807) is 0 Å². The highest BCUT2D eigenvalue weighted by Crippen LogP contribution is 2.09. The summed E-state index contributed by atoms with van der Waals surface area (Å²) < 4.78 is 0. The van der Waals surface area contributed by atoms with Crippen molar-refractivity contribution < 1.29 is 19.4 Å². The Morgan fingerprint density at radius 2 is 1.69 bits per heavy atom. The van der Waals surface area contributed by atoms with Gasteiger partial charge in [-0.05, 0) is 19.3 Å². The summed E-state index contributed by atoms with van der Waals surface area (Å²) in [6.07, 6.45) is 2.52. The van der Waals surface area contributed by atoms with Gasteiger partial charge in [0.05, 0.1) is 0 Å². The van der Waals surface area contributed by atoms with Gasteiger partial charge in [0.25, 0.3) is 0 Å². The van der Waals surface area contributed by atoms with Crippen LogP contribution in [0.5, 0.6) is 0 Å². The summed E-state index contributed by atoms with van der Waals surface area (Å²) in [5, 5.41) is 0. The average Bonchev–Trinajstić information content (AvgIpc) is 2.15. The zero-order chi connectivity index (χ0) is 9.68. The van der Waals surface area contributed by atoms with Gasteiger partial charge in [0.2, 0.25) is 0 Å². The lowest BCUT2D eigenvalue weighted by Crippen LogP contribution is -2.36. The first-order valence-corrected chi connectivity index (χ1v) is 4.34. The molecule has 1 fully saturated rings. The van der Waals surface area contributed by atoms with E-state index < -0.39 is 12.1 Å². The van der Waals surface area contributed by atoms with Crippen molar-refractivity contribution in [2.24, 2.45) is 0 Å². The van der Waals surface area contributed by atoms with Crippen LogP contribution in [0, 0.1) is 0 Å². The summed E-state index contributed by atoms with van der Waals surface area (Å²) in [7, 11) is 0. The Labute approximate surface area is 76.5 Å². The SMILES string of the molecule is CC(=O)OOC(=O)N1CCCCC1. The van der Waals surface area contributed by atoms with Gasteiger partial charge in [-0.1, -0.05) is 0 Å². The molecule has 0 spiro atoms. The number of amides is 1. The number of hydrogen-bond acceptors (Lipinski definition) is 4. The maximum Gasteiger partial charge on any atom is 0.453 e. The van der Waals surface area contributed by atoms with Crippen molar-refractivity contribution in [2.45, 2.75) is 26.2 Å². The van der Waals surface area contributed by atoms with E-state index >= 15 is 0 Å². The van der Waals surface area contributed by atoms with Gasteiger partial charge in [0.1, 0.15) is 0 Å². The molecule has 1 amide bonds. The van der Waals surface area contributed by atoms with Crippen LogP contribution in [0.2, 0.25) is 0 Å². The van der Waals surface area contributed by atoms with Crippen molar-refractivity contribution in [2.75, 3.05) is 13.1 Å². The predicted molar refractivity (Wildman–Crippen MR) is 43.7 cm³/mol. The average molecular weight is 187 g/mol. The standard InChI is InChI=1S/C8H13NO4/c1-7(10)12-13-8(11)9-5-3-2-4-6-9/h2-6H2,1H3. The predicted octanol–water partition coefficient (Wildman–Crippen LogP) is 1.09. The van der Waals surface area contributed by atoms with E-state index in [2.05, 4.69) is 9.78 Å². The number of nitrogens with zero attached hydrogens (tertiary/aromatic N) is 1. The van der Waals surface area contributed by atoms with Crippen molar-refractivity contribution in [3.05, 3.63) is 0 Å². The maximum absolute atomic E-state index is 11.1. The Hall–Kier alpha value is -1.26. The van der Waals surface area contributed by atoms with Crippen molar-refractivity contribution in [3.63, 3.8) is 0 Å². The second-order valence-electron chi connectivity index (χ2n) is 2.97. The third kappa shape index (κ3) is 3.31. The lowest BCUT2D eigenvalue weighted by molar-refractivity contribution is -0.234. The first-order chi connectivity index (χ1) is 6.20. The van der Waals surface area contributed by atoms with Gasteiger partial charge in [-0.25, -0.2) is 19.4 Å². The van der Waals surface area contributed by atoms with E-state index in [1.165, 1.54) is 11.8 Å². The summed E-state index contributed by atoms with van der Waals surface area (Å²) in [6, 6.07) is 0. The van der Waals surface area contributed by atoms with Gasteiger partial charge in [0.15, 0.2) is 0 Å². The molecule has 0 aromatic carbocycles. The molecule has 0 unspecified atom stereocenters. The molecule has 1 heterocycles. The van der Waals surface area contributed by atoms with E-state index in [4.69, 9.17) is 0 Å². The zero-order valence-corrected chi connectivity index (χ0v) is 7.62. The molecule has 0 saturated carbocycles. The van der Waals surface area contributed by atoms with Crippen LogP contribution in [0.25, 0.3) is 0 Å². The molecule has 0 N–H and O–H groups in total. The quantitative estimate of drug-likeness (QED) is 0.420. The van der Waals surface area contributed by atoms with E-state index in [0.717, 1.165) is 19.3 Å². The van der Waals surface area contributed by atoms with Gasteiger partial charge < -0.3 is 4.90 Å². The van der Waals surface area contributed by atoms with Gasteiger partial charge in [0, 0.05) is 20.0 Å². The van der Waals surface area contributed by atoms with Gasteiger partial charge >= 0.3 is 12.1 Å². The maximum atomic E-state index is 11.1. The summed E-state index contributed by atoms with van der Waals surface area (Å²) in [5.74, 6) is -0.620. The highest BCUT2D eigenvalue weighted by atomic mass is 17.2. The van der Waals surface area contributed by atoms with E-state index in [0.29, 0.717) is 13.1 Å². The molecule has 5 nitrogen and oxygen atoms in total. The number of hydrogen-bond donors (Lipinski definition) is 0. The normalized spacial score (nSPS) is 16.5. The fraction of sp³-hybridized carbons (Fsp3) is 0.750. The smallest absolute Gasteiger partial charge is 0.305 e. The molecule has 13 heavy (non-hydrogen) atoms. The third-order valence-corrected chi connectivity index (χ3v) is 1.84. The molecule has 0 aliphatic carbocycles. The van der Waals surface area contributed by atoms with Crippen LogP contribution in [0.3, 0.4) is 0 Å². The first kappa shape index (κ1) is 9.83. The summed E-state index contributed by atoms with van der Waals surface area (Å²) in [6.45, 7) is 2.55. The molecule has 1 aliphatic rings. The molecule has 1 saturated heterocycles. The van der Waals surface area contributed by atoms with Crippen molar-refractivity contribution >= 4 is 12.1 Å². The minimum atomic E-state index is -0.620. The molecule has 74 valence electrons. The molecule has 1 aliphatic heterocycles. The lowest BCUT2D eigenvalue weighted by Gasteiger charge is -2.24. The largest absolute Gasteiger partial charge is 0.453 e. The van der Waals surface area contributed by atoms with Crippen LogP contribution in [0.15, 0.2) is 0 Å². The van der Waals surface area contributed by atoms with Crippen LogP contribution in [0.4, 0.5) is 4.79 Å². The second kappa shape index (κ2) is 4.69. The molecular formula is C8H13NO4. The monoisotopic (exact) mass is 187 g/mol. The topological polar surface area (TPSA) is 55.8 Å². The zero-order valence-electron chi connectivity index (χ0n) is 7.62. The lowest BCUT2D eigenvalue weighted by atomic mass is 10.1. The second-order valence-corrected chi connectivity index (χ2v) is 2.97. The van der Waals surface area contributed by atoms with Gasteiger partial charge in [-0.3, -0.25) is 0 Å². The Bertz CT molecular complexity index is 198. The van der Waals surface area contributed by atoms with Crippen LogP contribution < -0.4 is 0 Å². The summed E-state index contributed by atoms with van der Waals surface area (Å²) >= 11 is 0. The fourth-order valence-electron chi connectivity index (χ4n) is 1.22. The summed E-state index contributed by atoms with van der Waals surface area (Å²) in [5.41, 5.74) is 0.